The van der Waals surface area contributed by atoms with Crippen molar-refractivity contribution in [2.24, 2.45) is 0 Å². The van der Waals surface area contributed by atoms with Gasteiger partial charge in [-0.25, -0.2) is 15.8 Å². The van der Waals surface area contributed by atoms with Crippen LogP contribution < -0.4 is 0 Å². The molecule has 0 aliphatic heterocycles. The molecule has 0 saturated carbocycles. The Morgan fingerprint density at radius 2 is 0.700 bits per heavy atom. The third-order valence-electron chi connectivity index (χ3n) is 0. The molecule has 10 heavy (non-hydrogen) atoms. The van der Waals surface area contributed by atoms with Gasteiger partial charge in [0.2, 0.25) is 0 Å². The van der Waals surface area contributed by atoms with Crippen molar-refractivity contribution in [2.45, 2.75) is 0 Å². The van der Waals surface area contributed by atoms with E-state index < -0.39 is 0 Å². The molecule has 0 unspecified atom stereocenters. The van der Waals surface area contributed by atoms with Gasteiger partial charge in [0.1, 0.15) is 0 Å². The van der Waals surface area contributed by atoms with E-state index in [1.165, 1.54) is 16.2 Å². The van der Waals surface area contributed by atoms with Crippen LogP contribution in [0.15, 0.2) is 0 Å². The minimum absolute atomic E-state index is 0. The standard InChI is InChI=1S/3CHNS.Ce/c3*2-1-3;/h3*3H;/q;;;+3/p-3. The number of nitriles is 3. The van der Waals surface area contributed by atoms with Crippen LogP contribution in [0.3, 0.4) is 0 Å². The first-order chi connectivity index (χ1) is 4.24. The second-order valence-corrected chi connectivity index (χ2v) is 0.822. The van der Waals surface area contributed by atoms with Gasteiger partial charge < -0.3 is 37.9 Å². The Morgan fingerprint density at radius 1 is 0.700 bits per heavy atom. The topological polar surface area (TPSA) is 71.4 Å². The maximum atomic E-state index is 7.13. The number of hydrogen-bond acceptors (Lipinski definition) is 6. The summed E-state index contributed by atoms with van der Waals surface area (Å²) >= 11 is 11.1. The maximum Gasteiger partial charge on any atom is 3.00 e. The minimum Gasteiger partial charge on any atom is -0.696 e. The molecule has 0 rings (SSSR count). The largest absolute Gasteiger partial charge is 3.00 e. The van der Waals surface area contributed by atoms with Crippen LogP contribution in [0.1, 0.15) is 0 Å². The van der Waals surface area contributed by atoms with E-state index in [0.717, 1.165) is 0 Å². The fraction of sp³-hybridized carbons (Fsp3) is 0. The number of rotatable bonds is 0. The van der Waals surface area contributed by atoms with Gasteiger partial charge in [0, 0.05) is 0 Å². The fourth-order valence-electron chi connectivity index (χ4n) is 0. The van der Waals surface area contributed by atoms with Gasteiger partial charge in [-0.2, -0.15) is 0 Å². The molecule has 49 valence electrons. The van der Waals surface area contributed by atoms with Gasteiger partial charge in [-0.15, -0.1) is 0 Å². The zero-order valence-electron chi connectivity index (χ0n) is 4.57. The Balaban J connectivity index is -0.0000000257. The van der Waals surface area contributed by atoms with Crippen molar-refractivity contribution >= 4 is 37.9 Å². The van der Waals surface area contributed by atoms with Crippen molar-refractivity contribution in [2.75, 3.05) is 0 Å². The number of nitrogens with zero attached hydrogens (tertiary/aromatic N) is 3. The van der Waals surface area contributed by atoms with Crippen molar-refractivity contribution in [3.63, 3.8) is 0 Å². The van der Waals surface area contributed by atoms with Crippen LogP contribution in [-0.2, 0) is 37.9 Å². The van der Waals surface area contributed by atoms with E-state index in [1.54, 1.807) is 0 Å². The number of hydrogen-bond donors (Lipinski definition) is 0. The zero-order chi connectivity index (χ0) is 8.12. The van der Waals surface area contributed by atoms with Crippen LogP contribution in [0.25, 0.3) is 0 Å². The van der Waals surface area contributed by atoms with Crippen LogP contribution in [0.4, 0.5) is 0 Å². The predicted octanol–water partition coefficient (Wildman–Crippen LogP) is 0.0431. The summed E-state index contributed by atoms with van der Waals surface area (Å²) in [6.07, 6.45) is 0. The van der Waals surface area contributed by atoms with Crippen molar-refractivity contribution in [1.29, 1.82) is 15.8 Å². The SMILES string of the molecule is N#C[S-].N#C[S-].N#C[S-].[Ce+3]. The molecule has 0 aliphatic rings. The molecule has 0 atom stereocenters. The molecule has 0 saturated heterocycles. The molecule has 1 radical (unpaired) electrons. The van der Waals surface area contributed by atoms with E-state index in [9.17, 15) is 0 Å². The summed E-state index contributed by atoms with van der Waals surface area (Å²) in [6, 6.07) is 0. The van der Waals surface area contributed by atoms with Crippen LogP contribution in [0.5, 0.6) is 0 Å². The second-order valence-electron chi connectivity index (χ2n) is 0.274. The van der Waals surface area contributed by atoms with E-state index in [0.29, 0.717) is 0 Å². The van der Waals surface area contributed by atoms with Crippen molar-refractivity contribution < 1.29 is 41.7 Å². The van der Waals surface area contributed by atoms with Gasteiger partial charge in [0.05, 0.1) is 0 Å². The molecular weight excluding hydrogens is 314 g/mol. The predicted molar refractivity (Wildman–Crippen MR) is 38.9 cm³/mol. The van der Waals surface area contributed by atoms with Gasteiger partial charge in [-0.1, -0.05) is 16.2 Å². The summed E-state index contributed by atoms with van der Waals surface area (Å²) in [5.74, 6) is 0. The monoisotopic (exact) mass is 314 g/mol. The summed E-state index contributed by atoms with van der Waals surface area (Å²) in [4.78, 5) is 0. The molecule has 0 N–H and O–H groups in total. The first-order valence-electron chi connectivity index (χ1n) is 1.28. The molecule has 0 aliphatic carbocycles. The van der Waals surface area contributed by atoms with E-state index >= 15 is 0 Å². The average Bonchev–Trinajstić information content (AvgIpc) is 1.70. The second kappa shape index (κ2) is 55.9. The van der Waals surface area contributed by atoms with E-state index in [2.05, 4.69) is 37.9 Å². The van der Waals surface area contributed by atoms with Crippen molar-refractivity contribution in [3.8, 4) is 16.2 Å². The summed E-state index contributed by atoms with van der Waals surface area (Å²) in [5, 5.41) is 25.4. The Labute approximate surface area is 110 Å². The zero-order valence-corrected chi connectivity index (χ0v) is 10.2. The Bertz CT molecular complexity index is 112. The fourth-order valence-corrected chi connectivity index (χ4v) is 0. The first-order valence-corrected chi connectivity index (χ1v) is 2.51. The smallest absolute Gasteiger partial charge is 0.696 e. The first kappa shape index (κ1) is 22.4. The molecule has 0 spiro atoms. The Hall–Kier alpha value is 0.507. The molecule has 0 aromatic rings. The maximum absolute atomic E-state index is 7.13. The third kappa shape index (κ3) is 1870. The van der Waals surface area contributed by atoms with Crippen molar-refractivity contribution in [1.82, 2.24) is 0 Å². The summed E-state index contributed by atoms with van der Waals surface area (Å²) in [6.45, 7) is 0. The van der Waals surface area contributed by atoms with Gasteiger partial charge in [-0.05, 0) is 0 Å². The van der Waals surface area contributed by atoms with E-state index in [1.807, 2.05) is 0 Å². The molecule has 0 fully saturated rings. The molecule has 0 aromatic heterocycles. The normalized spacial score (nSPS) is 2.10. The Morgan fingerprint density at radius 3 is 0.700 bits per heavy atom. The van der Waals surface area contributed by atoms with Gasteiger partial charge in [0.15, 0.2) is 0 Å². The quantitative estimate of drug-likeness (QED) is 0.464. The molecule has 3 nitrogen and oxygen atoms in total. The summed E-state index contributed by atoms with van der Waals surface area (Å²) < 4.78 is 0. The molecule has 0 amide bonds. The van der Waals surface area contributed by atoms with Crippen LogP contribution in [0.2, 0.25) is 0 Å². The average molecular weight is 314 g/mol. The molecular formula is C3CeN3S3. The Kier molecular flexibility index (Phi) is 125. The molecule has 7 heteroatoms. The molecule has 0 bridgehead atoms. The summed E-state index contributed by atoms with van der Waals surface area (Å²) in [7, 11) is 0. The summed E-state index contributed by atoms with van der Waals surface area (Å²) in [5.41, 5.74) is 0. The van der Waals surface area contributed by atoms with E-state index in [4.69, 9.17) is 15.8 Å². The van der Waals surface area contributed by atoms with Gasteiger partial charge in [0.25, 0.3) is 0 Å². The van der Waals surface area contributed by atoms with Gasteiger partial charge >= 0.3 is 41.7 Å². The van der Waals surface area contributed by atoms with Crippen LogP contribution in [0, 0.1) is 73.7 Å². The minimum atomic E-state index is 0. The number of thiocyanates is 3. The van der Waals surface area contributed by atoms with Crippen LogP contribution in [-0.4, -0.2) is 0 Å². The third-order valence-corrected chi connectivity index (χ3v) is 0. The van der Waals surface area contributed by atoms with Crippen LogP contribution >= 0.6 is 0 Å². The van der Waals surface area contributed by atoms with Crippen molar-refractivity contribution in [3.05, 3.63) is 0 Å². The molecule has 0 heterocycles. The van der Waals surface area contributed by atoms with Gasteiger partial charge in [-0.3, -0.25) is 0 Å². The van der Waals surface area contributed by atoms with E-state index in [-0.39, 0.29) is 41.7 Å². The molecule has 0 aromatic carbocycles.